The van der Waals surface area contributed by atoms with Gasteiger partial charge in [0, 0.05) is 16.7 Å². The molecule has 0 aliphatic rings. The highest BCUT2D eigenvalue weighted by Crippen LogP contribution is 2.21. The van der Waals surface area contributed by atoms with E-state index in [-0.39, 0.29) is 5.28 Å². The van der Waals surface area contributed by atoms with Gasteiger partial charge in [-0.1, -0.05) is 15.9 Å². The molecule has 1 aromatic carbocycles. The van der Waals surface area contributed by atoms with Crippen LogP contribution in [0.5, 0.6) is 11.6 Å². The van der Waals surface area contributed by atoms with Crippen molar-refractivity contribution in [3.8, 4) is 11.6 Å². The fourth-order valence-corrected chi connectivity index (χ4v) is 1.40. The van der Waals surface area contributed by atoms with E-state index >= 15 is 0 Å². The van der Waals surface area contributed by atoms with Crippen LogP contribution < -0.4 is 4.74 Å². The molecule has 3 nitrogen and oxygen atoms in total. The molecule has 15 heavy (non-hydrogen) atoms. The lowest BCUT2D eigenvalue weighted by atomic mass is 10.3. The molecular formula is C10H6BrClN2O. The highest BCUT2D eigenvalue weighted by Gasteiger charge is 1.99. The Bertz CT molecular complexity index is 461. The molecule has 0 spiro atoms. The predicted octanol–water partition coefficient (Wildman–Crippen LogP) is 3.68. The molecule has 5 heteroatoms. The number of hydrogen-bond donors (Lipinski definition) is 0. The predicted molar refractivity (Wildman–Crippen MR) is 61.3 cm³/mol. The topological polar surface area (TPSA) is 35.0 Å². The van der Waals surface area contributed by atoms with Crippen LogP contribution in [0, 0.1) is 0 Å². The minimum atomic E-state index is 0.171. The maximum absolute atomic E-state index is 5.63. The van der Waals surface area contributed by atoms with Gasteiger partial charge in [0.15, 0.2) is 0 Å². The molecule has 0 fully saturated rings. The van der Waals surface area contributed by atoms with E-state index in [1.165, 1.54) is 0 Å². The summed E-state index contributed by atoms with van der Waals surface area (Å²) in [6.07, 6.45) is 1.55. The van der Waals surface area contributed by atoms with Gasteiger partial charge in [0.05, 0.1) is 0 Å². The lowest BCUT2D eigenvalue weighted by Crippen LogP contribution is -1.89. The molecular weight excluding hydrogens is 279 g/mol. The third-order valence-corrected chi connectivity index (χ3v) is 2.35. The summed E-state index contributed by atoms with van der Waals surface area (Å²) in [6, 6.07) is 9.09. The molecule has 1 heterocycles. The molecule has 0 aliphatic heterocycles. The second-order valence-corrected chi connectivity index (χ2v) is 3.97. The minimum absolute atomic E-state index is 0.171. The average molecular weight is 286 g/mol. The van der Waals surface area contributed by atoms with Crippen molar-refractivity contribution in [2.45, 2.75) is 0 Å². The number of aromatic nitrogens is 2. The SMILES string of the molecule is Clc1nccc(Oc2ccc(Br)cc2)n1. The van der Waals surface area contributed by atoms with Crippen LogP contribution in [-0.4, -0.2) is 9.97 Å². The van der Waals surface area contributed by atoms with Crippen LogP contribution in [0.15, 0.2) is 41.0 Å². The van der Waals surface area contributed by atoms with Crippen LogP contribution in [0.3, 0.4) is 0 Å². The minimum Gasteiger partial charge on any atom is -0.439 e. The van der Waals surface area contributed by atoms with Crippen molar-refractivity contribution >= 4 is 27.5 Å². The molecule has 0 saturated carbocycles. The number of halogens is 2. The summed E-state index contributed by atoms with van der Waals surface area (Å²) in [5.41, 5.74) is 0. The molecule has 0 radical (unpaired) electrons. The number of benzene rings is 1. The molecule has 0 unspecified atom stereocenters. The standard InChI is InChI=1S/C10H6BrClN2O/c11-7-1-3-8(4-2-7)15-9-5-6-13-10(12)14-9/h1-6H. The summed E-state index contributed by atoms with van der Waals surface area (Å²) >= 11 is 8.97. The molecule has 0 aliphatic carbocycles. The summed E-state index contributed by atoms with van der Waals surface area (Å²) in [5.74, 6) is 1.13. The van der Waals surface area contributed by atoms with Gasteiger partial charge in [0.1, 0.15) is 5.75 Å². The maximum Gasteiger partial charge on any atom is 0.225 e. The summed E-state index contributed by atoms with van der Waals surface area (Å²) in [4.78, 5) is 7.67. The Labute approximate surface area is 100 Å². The van der Waals surface area contributed by atoms with Crippen LogP contribution in [0.2, 0.25) is 5.28 Å². The van der Waals surface area contributed by atoms with Crippen molar-refractivity contribution in [1.29, 1.82) is 0 Å². The first-order valence-electron chi connectivity index (χ1n) is 4.16. The highest BCUT2D eigenvalue weighted by molar-refractivity contribution is 9.10. The Morgan fingerprint density at radius 2 is 1.87 bits per heavy atom. The second-order valence-electron chi connectivity index (χ2n) is 2.72. The van der Waals surface area contributed by atoms with Gasteiger partial charge >= 0.3 is 0 Å². The normalized spacial score (nSPS) is 10.0. The van der Waals surface area contributed by atoms with Gasteiger partial charge in [-0.2, -0.15) is 4.98 Å². The first-order valence-corrected chi connectivity index (χ1v) is 5.33. The zero-order valence-corrected chi connectivity index (χ0v) is 9.86. The summed E-state index contributed by atoms with van der Waals surface area (Å²) in [6.45, 7) is 0. The fraction of sp³-hybridized carbons (Fsp3) is 0. The van der Waals surface area contributed by atoms with Crippen LogP contribution in [-0.2, 0) is 0 Å². The molecule has 0 atom stereocenters. The van der Waals surface area contributed by atoms with Crippen molar-refractivity contribution in [2.75, 3.05) is 0 Å². The van der Waals surface area contributed by atoms with Crippen LogP contribution in [0.25, 0.3) is 0 Å². The zero-order chi connectivity index (χ0) is 10.7. The molecule has 2 aromatic rings. The van der Waals surface area contributed by atoms with Gasteiger partial charge in [-0.3, -0.25) is 0 Å². The number of nitrogens with zero attached hydrogens (tertiary/aromatic N) is 2. The number of hydrogen-bond acceptors (Lipinski definition) is 3. The summed E-state index contributed by atoms with van der Waals surface area (Å²) < 4.78 is 6.45. The van der Waals surface area contributed by atoms with Crippen molar-refractivity contribution in [3.05, 3.63) is 46.3 Å². The zero-order valence-electron chi connectivity index (χ0n) is 7.52. The third-order valence-electron chi connectivity index (χ3n) is 1.64. The molecule has 0 saturated heterocycles. The van der Waals surface area contributed by atoms with E-state index in [0.717, 1.165) is 4.47 Å². The monoisotopic (exact) mass is 284 g/mol. The van der Waals surface area contributed by atoms with Crippen molar-refractivity contribution in [3.63, 3.8) is 0 Å². The van der Waals surface area contributed by atoms with E-state index in [1.807, 2.05) is 24.3 Å². The Kier molecular flexibility index (Phi) is 3.18. The number of rotatable bonds is 2. The van der Waals surface area contributed by atoms with Crippen molar-refractivity contribution < 1.29 is 4.74 Å². The largest absolute Gasteiger partial charge is 0.439 e. The van der Waals surface area contributed by atoms with E-state index in [0.29, 0.717) is 11.6 Å². The third kappa shape index (κ3) is 2.91. The Morgan fingerprint density at radius 1 is 1.13 bits per heavy atom. The summed E-state index contributed by atoms with van der Waals surface area (Å²) in [5, 5.41) is 0.171. The van der Waals surface area contributed by atoms with Crippen LogP contribution in [0.4, 0.5) is 0 Å². The van der Waals surface area contributed by atoms with Gasteiger partial charge in [0.25, 0.3) is 0 Å². The van der Waals surface area contributed by atoms with E-state index in [4.69, 9.17) is 16.3 Å². The van der Waals surface area contributed by atoms with Crippen LogP contribution in [0.1, 0.15) is 0 Å². The van der Waals surface area contributed by atoms with E-state index < -0.39 is 0 Å². The van der Waals surface area contributed by atoms with E-state index in [9.17, 15) is 0 Å². The fourth-order valence-electron chi connectivity index (χ4n) is 1.000. The van der Waals surface area contributed by atoms with E-state index in [2.05, 4.69) is 25.9 Å². The molecule has 1 aromatic heterocycles. The van der Waals surface area contributed by atoms with Gasteiger partial charge < -0.3 is 4.74 Å². The Hall–Kier alpha value is -1.13. The summed E-state index contributed by atoms with van der Waals surface area (Å²) in [7, 11) is 0. The average Bonchev–Trinajstić information content (AvgIpc) is 2.22. The molecule has 76 valence electrons. The smallest absolute Gasteiger partial charge is 0.225 e. The quantitative estimate of drug-likeness (QED) is 0.789. The van der Waals surface area contributed by atoms with Crippen molar-refractivity contribution in [2.24, 2.45) is 0 Å². The Morgan fingerprint density at radius 3 is 2.53 bits per heavy atom. The van der Waals surface area contributed by atoms with Crippen LogP contribution >= 0.6 is 27.5 Å². The van der Waals surface area contributed by atoms with Crippen molar-refractivity contribution in [1.82, 2.24) is 9.97 Å². The lowest BCUT2D eigenvalue weighted by Gasteiger charge is -2.03. The lowest BCUT2D eigenvalue weighted by molar-refractivity contribution is 0.461. The first-order chi connectivity index (χ1) is 7.24. The molecule has 2 rings (SSSR count). The second kappa shape index (κ2) is 4.59. The molecule has 0 bridgehead atoms. The highest BCUT2D eigenvalue weighted by atomic mass is 79.9. The first kappa shape index (κ1) is 10.4. The van der Waals surface area contributed by atoms with E-state index in [1.54, 1.807) is 12.3 Å². The number of ether oxygens (including phenoxy) is 1. The Balaban J connectivity index is 2.18. The van der Waals surface area contributed by atoms with Gasteiger partial charge in [0.2, 0.25) is 11.2 Å². The molecule has 0 N–H and O–H groups in total. The molecule has 0 amide bonds. The van der Waals surface area contributed by atoms with Gasteiger partial charge in [-0.05, 0) is 35.9 Å². The van der Waals surface area contributed by atoms with Gasteiger partial charge in [-0.15, -0.1) is 0 Å². The maximum atomic E-state index is 5.63. The van der Waals surface area contributed by atoms with Gasteiger partial charge in [-0.25, -0.2) is 4.98 Å².